The van der Waals surface area contributed by atoms with Gasteiger partial charge in [0.1, 0.15) is 0 Å². The number of amides is 2. The topological polar surface area (TPSA) is 83.4 Å². The number of halogens is 2. The molecule has 3 rings (SSSR count). The Kier molecular flexibility index (Phi) is 7.04. The van der Waals surface area contributed by atoms with Crippen LogP contribution in [0.25, 0.3) is 0 Å². The molecular weight excluding hydrogens is 410 g/mol. The molecule has 3 N–H and O–H groups in total. The summed E-state index contributed by atoms with van der Waals surface area (Å²) in [7, 11) is 0. The van der Waals surface area contributed by atoms with Crippen LogP contribution < -0.4 is 16.0 Å². The summed E-state index contributed by atoms with van der Waals surface area (Å²) >= 11 is 3.16. The Bertz CT molecular complexity index is 744. The quantitative estimate of drug-likeness (QED) is 0.698. The van der Waals surface area contributed by atoms with Crippen LogP contribution in [0.3, 0.4) is 0 Å². The van der Waals surface area contributed by atoms with Gasteiger partial charge in [0, 0.05) is 17.3 Å². The fraction of sp³-hybridized carbons (Fsp3) is 0.294. The molecule has 134 valence electrons. The molecule has 0 radical (unpaired) electrons. The second kappa shape index (κ2) is 9.03. The maximum atomic E-state index is 12.4. The monoisotopic (exact) mass is 427 g/mol. The van der Waals surface area contributed by atoms with Crippen molar-refractivity contribution in [2.45, 2.75) is 18.9 Å². The van der Waals surface area contributed by atoms with Crippen molar-refractivity contribution < 1.29 is 14.0 Å². The summed E-state index contributed by atoms with van der Waals surface area (Å²) in [4.78, 5) is 24.4. The normalized spacial score (nSPS) is 14.4. The predicted molar refractivity (Wildman–Crippen MR) is 101 cm³/mol. The van der Waals surface area contributed by atoms with Crippen LogP contribution in [-0.2, 0) is 0 Å². The van der Waals surface area contributed by atoms with Gasteiger partial charge in [-0.2, -0.15) is 0 Å². The molecule has 0 spiro atoms. The van der Waals surface area contributed by atoms with E-state index in [4.69, 9.17) is 4.42 Å². The molecule has 6 nitrogen and oxygen atoms in total. The van der Waals surface area contributed by atoms with E-state index < -0.39 is 0 Å². The molecule has 0 atom stereocenters. The first kappa shape index (κ1) is 19.5. The van der Waals surface area contributed by atoms with Gasteiger partial charge in [-0.15, -0.1) is 12.4 Å². The number of hydrogen-bond acceptors (Lipinski definition) is 4. The standard InChI is InChI=1S/C17H18BrN3O3.ClH/c18-15-5-4-14(24-15)17(23)21-13-3-1-2-11(10-13)16(22)20-12-6-8-19-9-7-12;/h1-5,10,12,19H,6-9H2,(H,20,22)(H,21,23);1H. The lowest BCUT2D eigenvalue weighted by atomic mass is 10.1. The highest BCUT2D eigenvalue weighted by molar-refractivity contribution is 9.10. The van der Waals surface area contributed by atoms with E-state index in [1.807, 2.05) is 0 Å². The van der Waals surface area contributed by atoms with Crippen molar-refractivity contribution in [2.75, 3.05) is 18.4 Å². The summed E-state index contributed by atoms with van der Waals surface area (Å²) in [6, 6.07) is 10.3. The van der Waals surface area contributed by atoms with Crippen molar-refractivity contribution in [3.63, 3.8) is 0 Å². The van der Waals surface area contributed by atoms with Gasteiger partial charge in [-0.1, -0.05) is 6.07 Å². The summed E-state index contributed by atoms with van der Waals surface area (Å²) in [6.07, 6.45) is 1.85. The number of carbonyl (C=O) groups is 2. The van der Waals surface area contributed by atoms with Crippen molar-refractivity contribution in [2.24, 2.45) is 0 Å². The fourth-order valence-corrected chi connectivity index (χ4v) is 2.91. The van der Waals surface area contributed by atoms with Crippen LogP contribution in [0.15, 0.2) is 45.5 Å². The van der Waals surface area contributed by atoms with E-state index in [0.717, 1.165) is 25.9 Å². The number of piperidine rings is 1. The number of benzene rings is 1. The smallest absolute Gasteiger partial charge is 0.291 e. The largest absolute Gasteiger partial charge is 0.444 e. The fourth-order valence-electron chi connectivity index (χ4n) is 2.60. The van der Waals surface area contributed by atoms with Gasteiger partial charge in [0.15, 0.2) is 10.4 Å². The predicted octanol–water partition coefficient (Wildman–Crippen LogP) is 3.20. The van der Waals surface area contributed by atoms with Crippen molar-refractivity contribution in [3.8, 4) is 0 Å². The van der Waals surface area contributed by atoms with E-state index in [1.54, 1.807) is 36.4 Å². The second-order valence-electron chi connectivity index (χ2n) is 5.64. The van der Waals surface area contributed by atoms with E-state index in [1.165, 1.54) is 0 Å². The summed E-state index contributed by atoms with van der Waals surface area (Å²) in [5.74, 6) is -0.290. The third-order valence-corrected chi connectivity index (χ3v) is 4.28. The molecule has 2 amide bonds. The summed E-state index contributed by atoms with van der Waals surface area (Å²) in [5, 5.41) is 9.03. The lowest BCUT2D eigenvalue weighted by Gasteiger charge is -2.23. The minimum Gasteiger partial charge on any atom is -0.444 e. The van der Waals surface area contributed by atoms with Crippen LogP contribution in [0.2, 0.25) is 0 Å². The van der Waals surface area contributed by atoms with E-state index in [2.05, 4.69) is 31.9 Å². The van der Waals surface area contributed by atoms with E-state index in [9.17, 15) is 9.59 Å². The molecule has 1 saturated heterocycles. The van der Waals surface area contributed by atoms with Crippen LogP contribution >= 0.6 is 28.3 Å². The molecular formula is C17H19BrClN3O3. The van der Waals surface area contributed by atoms with Crippen LogP contribution in [-0.4, -0.2) is 30.9 Å². The maximum absolute atomic E-state index is 12.4. The Morgan fingerprint density at radius 1 is 1.12 bits per heavy atom. The number of rotatable bonds is 4. The van der Waals surface area contributed by atoms with Crippen LogP contribution in [0.1, 0.15) is 33.8 Å². The van der Waals surface area contributed by atoms with Gasteiger partial charge < -0.3 is 20.4 Å². The SMILES string of the molecule is Cl.O=C(NC1CCNCC1)c1cccc(NC(=O)c2ccc(Br)o2)c1. The van der Waals surface area contributed by atoms with Gasteiger partial charge >= 0.3 is 0 Å². The molecule has 0 aliphatic carbocycles. The van der Waals surface area contributed by atoms with Crippen molar-refractivity contribution >= 4 is 45.8 Å². The average molecular weight is 429 g/mol. The van der Waals surface area contributed by atoms with Crippen LogP contribution in [0.4, 0.5) is 5.69 Å². The molecule has 25 heavy (non-hydrogen) atoms. The second-order valence-corrected chi connectivity index (χ2v) is 6.42. The minimum absolute atomic E-state index is 0. The summed E-state index contributed by atoms with van der Waals surface area (Å²) in [6.45, 7) is 1.83. The Hall–Kier alpha value is -1.83. The van der Waals surface area contributed by atoms with Gasteiger partial charge in [0.25, 0.3) is 11.8 Å². The number of carbonyl (C=O) groups excluding carboxylic acids is 2. The maximum Gasteiger partial charge on any atom is 0.291 e. The summed E-state index contributed by atoms with van der Waals surface area (Å²) < 4.78 is 5.70. The highest BCUT2D eigenvalue weighted by Gasteiger charge is 2.17. The lowest BCUT2D eigenvalue weighted by molar-refractivity contribution is 0.0928. The van der Waals surface area contributed by atoms with E-state index in [0.29, 0.717) is 15.9 Å². The average Bonchev–Trinajstić information content (AvgIpc) is 3.03. The number of furan rings is 1. The molecule has 2 aromatic rings. The molecule has 1 aromatic carbocycles. The highest BCUT2D eigenvalue weighted by Crippen LogP contribution is 2.17. The van der Waals surface area contributed by atoms with Crippen molar-refractivity contribution in [3.05, 3.63) is 52.4 Å². The number of nitrogens with one attached hydrogen (secondary N) is 3. The molecule has 8 heteroatoms. The van der Waals surface area contributed by atoms with E-state index in [-0.39, 0.29) is 36.0 Å². The van der Waals surface area contributed by atoms with Crippen molar-refractivity contribution in [1.29, 1.82) is 0 Å². The lowest BCUT2D eigenvalue weighted by Crippen LogP contribution is -2.42. The summed E-state index contributed by atoms with van der Waals surface area (Å²) in [5.41, 5.74) is 1.07. The number of hydrogen-bond donors (Lipinski definition) is 3. The van der Waals surface area contributed by atoms with Gasteiger partial charge in [0.2, 0.25) is 0 Å². The Morgan fingerprint density at radius 3 is 2.56 bits per heavy atom. The highest BCUT2D eigenvalue weighted by atomic mass is 79.9. The molecule has 2 heterocycles. The van der Waals surface area contributed by atoms with Gasteiger partial charge in [0.05, 0.1) is 0 Å². The van der Waals surface area contributed by atoms with Crippen molar-refractivity contribution in [1.82, 2.24) is 10.6 Å². The van der Waals surface area contributed by atoms with Crippen LogP contribution in [0, 0.1) is 0 Å². The zero-order chi connectivity index (χ0) is 16.9. The molecule has 1 aliphatic heterocycles. The van der Waals surface area contributed by atoms with E-state index >= 15 is 0 Å². The van der Waals surface area contributed by atoms with Gasteiger partial charge in [-0.3, -0.25) is 9.59 Å². The van der Waals surface area contributed by atoms with Gasteiger partial charge in [-0.05, 0) is 72.2 Å². The number of anilines is 1. The Morgan fingerprint density at radius 2 is 1.88 bits per heavy atom. The first-order chi connectivity index (χ1) is 11.6. The molecule has 0 bridgehead atoms. The molecule has 0 saturated carbocycles. The zero-order valence-electron chi connectivity index (χ0n) is 13.4. The molecule has 0 unspecified atom stereocenters. The minimum atomic E-state index is -0.364. The Labute approximate surface area is 160 Å². The third-order valence-electron chi connectivity index (χ3n) is 3.85. The first-order valence-electron chi connectivity index (χ1n) is 7.80. The Balaban J connectivity index is 0.00000225. The molecule has 1 aliphatic rings. The third kappa shape index (κ3) is 5.32. The molecule has 1 aromatic heterocycles. The van der Waals surface area contributed by atoms with Crippen LogP contribution in [0.5, 0.6) is 0 Å². The first-order valence-corrected chi connectivity index (χ1v) is 8.59. The molecule has 1 fully saturated rings. The zero-order valence-corrected chi connectivity index (χ0v) is 15.8. The van der Waals surface area contributed by atoms with Gasteiger partial charge in [-0.25, -0.2) is 0 Å².